The second-order valence-corrected chi connectivity index (χ2v) is 10.6. The fourth-order valence-corrected chi connectivity index (χ4v) is 4.99. The molecule has 0 bridgehead atoms. The summed E-state index contributed by atoms with van der Waals surface area (Å²) in [6.45, 7) is 8.14. The zero-order valence-electron chi connectivity index (χ0n) is 25.4. The van der Waals surface area contributed by atoms with Crippen molar-refractivity contribution in [3.63, 3.8) is 0 Å². The van der Waals surface area contributed by atoms with Crippen LogP contribution in [0.15, 0.2) is 24.8 Å². The average molecular weight is 639 g/mol. The van der Waals surface area contributed by atoms with Crippen molar-refractivity contribution in [2.24, 2.45) is 5.92 Å². The molecule has 12 nitrogen and oxygen atoms in total. The summed E-state index contributed by atoms with van der Waals surface area (Å²) in [5.74, 6) is -0.410. The molecular formula is C31H32ClFN6O6. The Morgan fingerprint density at radius 3 is 2.04 bits per heavy atom. The van der Waals surface area contributed by atoms with Crippen LogP contribution in [0, 0.1) is 25.6 Å². The molecule has 0 unspecified atom stereocenters. The maximum Gasteiger partial charge on any atom is 0.342 e. The number of esters is 2. The van der Waals surface area contributed by atoms with E-state index in [9.17, 15) is 14.0 Å². The van der Waals surface area contributed by atoms with E-state index in [2.05, 4.69) is 29.9 Å². The molecule has 14 heteroatoms. The summed E-state index contributed by atoms with van der Waals surface area (Å²) in [6, 6.07) is 2.87. The molecular weight excluding hydrogens is 607 g/mol. The number of hydrogen-bond donors (Lipinski definition) is 2. The fraction of sp³-hybridized carbons (Fsp3) is 0.355. The van der Waals surface area contributed by atoms with E-state index in [0.29, 0.717) is 85.9 Å². The predicted octanol–water partition coefficient (Wildman–Crippen LogP) is 6.14. The molecule has 4 aromatic heterocycles. The first-order valence-electron chi connectivity index (χ1n) is 14.3. The number of nitrogens with zero attached hydrogens (tertiary/aromatic N) is 4. The summed E-state index contributed by atoms with van der Waals surface area (Å²) < 4.78 is 35.5. The van der Waals surface area contributed by atoms with Gasteiger partial charge in [0, 0.05) is 23.0 Å². The summed E-state index contributed by atoms with van der Waals surface area (Å²) in [5.41, 5.74) is 5.19. The highest BCUT2D eigenvalue weighted by Crippen LogP contribution is 2.39. The van der Waals surface area contributed by atoms with E-state index in [-0.39, 0.29) is 12.4 Å². The monoisotopic (exact) mass is 638 g/mol. The molecule has 0 radical (unpaired) electrons. The van der Waals surface area contributed by atoms with Crippen molar-refractivity contribution in [2.45, 2.75) is 40.5 Å². The number of fused-ring (bicyclic) bond motifs is 2. The zero-order valence-corrected chi connectivity index (χ0v) is 26.2. The molecule has 1 fully saturated rings. The number of H-pyrrole nitrogens is 2. The second kappa shape index (κ2) is 13.5. The van der Waals surface area contributed by atoms with Gasteiger partial charge in [0.15, 0.2) is 16.7 Å². The SMILES string of the molecule is CCOC(=O)c1c(C)[nH]c2c(-c3cc(OC)c(F)cc3OCC3CC3)ncnc12.CCOC(=O)c1c(C)[nH]c2c(Cl)ncnc12. The zero-order chi connectivity index (χ0) is 32.2. The number of aryl methyl sites for hydroxylation is 2. The van der Waals surface area contributed by atoms with Crippen molar-refractivity contribution < 1.29 is 32.9 Å². The summed E-state index contributed by atoms with van der Waals surface area (Å²) in [4.78, 5) is 46.8. The van der Waals surface area contributed by atoms with E-state index in [1.807, 2.05) is 0 Å². The van der Waals surface area contributed by atoms with Crippen molar-refractivity contribution in [1.82, 2.24) is 29.9 Å². The molecule has 0 amide bonds. The Bertz CT molecular complexity index is 1890. The Balaban J connectivity index is 0.000000211. The minimum atomic E-state index is -0.512. The smallest absolute Gasteiger partial charge is 0.342 e. The average Bonchev–Trinajstić information content (AvgIpc) is 3.68. The number of ether oxygens (including phenoxy) is 4. The van der Waals surface area contributed by atoms with Gasteiger partial charge in [-0.05, 0) is 52.5 Å². The van der Waals surface area contributed by atoms with Crippen LogP contribution in [0.2, 0.25) is 5.15 Å². The van der Waals surface area contributed by atoms with Gasteiger partial charge in [-0.1, -0.05) is 11.6 Å². The van der Waals surface area contributed by atoms with Crippen molar-refractivity contribution in [3.8, 4) is 22.8 Å². The third-order valence-electron chi connectivity index (χ3n) is 7.14. The van der Waals surface area contributed by atoms with Gasteiger partial charge in [0.1, 0.15) is 51.8 Å². The van der Waals surface area contributed by atoms with Crippen molar-refractivity contribution >= 4 is 45.6 Å². The van der Waals surface area contributed by atoms with E-state index in [1.54, 1.807) is 33.8 Å². The summed E-state index contributed by atoms with van der Waals surface area (Å²) >= 11 is 5.89. The lowest BCUT2D eigenvalue weighted by Gasteiger charge is -2.14. The molecule has 4 heterocycles. The maximum absolute atomic E-state index is 14.4. The molecule has 1 aromatic carbocycles. The molecule has 1 aliphatic carbocycles. The van der Waals surface area contributed by atoms with Gasteiger partial charge in [0.05, 0.1) is 32.4 Å². The van der Waals surface area contributed by atoms with Crippen LogP contribution in [0.3, 0.4) is 0 Å². The van der Waals surface area contributed by atoms with E-state index in [0.717, 1.165) is 12.8 Å². The normalized spacial score (nSPS) is 12.5. The summed E-state index contributed by atoms with van der Waals surface area (Å²) in [7, 11) is 1.40. The quantitative estimate of drug-likeness (QED) is 0.142. The Morgan fingerprint density at radius 2 is 1.47 bits per heavy atom. The molecule has 1 aliphatic rings. The molecule has 0 saturated heterocycles. The highest BCUT2D eigenvalue weighted by Gasteiger charge is 2.26. The lowest BCUT2D eigenvalue weighted by molar-refractivity contribution is 0.0517. The largest absolute Gasteiger partial charge is 0.494 e. The molecule has 5 aromatic rings. The minimum Gasteiger partial charge on any atom is -0.494 e. The number of carbonyl (C=O) groups is 2. The van der Waals surface area contributed by atoms with Gasteiger partial charge in [0.25, 0.3) is 0 Å². The van der Waals surface area contributed by atoms with E-state index >= 15 is 0 Å². The molecule has 0 aliphatic heterocycles. The standard InChI is InChI=1S/C21H22FN3O4.C10H10ClN3O2/c1-4-28-21(26)17-11(2)25-20-18(23-10-24-19(17)20)13-7-16(27-3)14(22)8-15(13)29-9-12-5-6-12;1-3-16-10(15)6-5(2)14-8-7(6)12-4-13-9(8)11/h7-8,10,12,25H,4-6,9H2,1-3H3;4,14H,3H2,1-2H3. The predicted molar refractivity (Wildman–Crippen MR) is 164 cm³/mol. The highest BCUT2D eigenvalue weighted by molar-refractivity contribution is 6.34. The van der Waals surface area contributed by atoms with Crippen LogP contribution in [0.4, 0.5) is 4.39 Å². The van der Waals surface area contributed by atoms with Crippen LogP contribution in [-0.4, -0.2) is 68.8 Å². The fourth-order valence-electron chi connectivity index (χ4n) is 4.81. The van der Waals surface area contributed by atoms with Crippen molar-refractivity contribution in [1.29, 1.82) is 0 Å². The first kappa shape index (κ1) is 31.6. The lowest BCUT2D eigenvalue weighted by atomic mass is 10.1. The van der Waals surface area contributed by atoms with Gasteiger partial charge >= 0.3 is 11.9 Å². The Morgan fingerprint density at radius 1 is 0.889 bits per heavy atom. The van der Waals surface area contributed by atoms with Gasteiger partial charge in [-0.3, -0.25) is 0 Å². The van der Waals surface area contributed by atoms with Crippen LogP contribution in [0.1, 0.15) is 58.8 Å². The molecule has 1 saturated carbocycles. The number of aromatic nitrogens is 6. The van der Waals surface area contributed by atoms with Crippen LogP contribution >= 0.6 is 11.6 Å². The van der Waals surface area contributed by atoms with Gasteiger partial charge in [-0.2, -0.15) is 0 Å². The van der Waals surface area contributed by atoms with E-state index < -0.39 is 17.8 Å². The number of rotatable bonds is 9. The number of halogens is 2. The van der Waals surface area contributed by atoms with Gasteiger partial charge in [-0.25, -0.2) is 33.9 Å². The van der Waals surface area contributed by atoms with E-state index in [1.165, 1.54) is 25.8 Å². The number of benzene rings is 1. The van der Waals surface area contributed by atoms with Crippen molar-refractivity contribution in [2.75, 3.05) is 26.9 Å². The minimum absolute atomic E-state index is 0.0828. The number of carbonyl (C=O) groups excluding carboxylic acids is 2. The number of nitrogens with one attached hydrogen (secondary N) is 2. The van der Waals surface area contributed by atoms with Crippen LogP contribution in [-0.2, 0) is 9.47 Å². The number of methoxy groups -OCH3 is 1. The first-order chi connectivity index (χ1) is 21.7. The Labute approximate surface area is 262 Å². The second-order valence-electron chi connectivity index (χ2n) is 10.3. The van der Waals surface area contributed by atoms with Gasteiger partial charge < -0.3 is 28.9 Å². The van der Waals surface area contributed by atoms with Gasteiger partial charge in [-0.15, -0.1) is 0 Å². The maximum atomic E-state index is 14.4. The topological polar surface area (TPSA) is 154 Å². The number of hydrogen-bond acceptors (Lipinski definition) is 10. The third-order valence-corrected chi connectivity index (χ3v) is 7.42. The first-order valence-corrected chi connectivity index (χ1v) is 14.7. The Kier molecular flexibility index (Phi) is 9.47. The van der Waals surface area contributed by atoms with Crippen LogP contribution in [0.5, 0.6) is 11.5 Å². The van der Waals surface area contributed by atoms with E-state index in [4.69, 9.17) is 30.5 Å². The highest BCUT2D eigenvalue weighted by atomic mass is 35.5. The molecule has 0 spiro atoms. The van der Waals surface area contributed by atoms with Gasteiger partial charge in [0.2, 0.25) is 0 Å². The lowest BCUT2D eigenvalue weighted by Crippen LogP contribution is -2.06. The molecule has 45 heavy (non-hydrogen) atoms. The summed E-state index contributed by atoms with van der Waals surface area (Å²) in [5, 5.41) is 0.295. The van der Waals surface area contributed by atoms with Crippen LogP contribution in [0.25, 0.3) is 33.3 Å². The summed E-state index contributed by atoms with van der Waals surface area (Å²) in [6.07, 6.45) is 4.92. The third kappa shape index (κ3) is 6.53. The molecule has 2 N–H and O–H groups in total. The van der Waals surface area contributed by atoms with Crippen LogP contribution < -0.4 is 9.47 Å². The molecule has 236 valence electrons. The van der Waals surface area contributed by atoms with Crippen molar-refractivity contribution in [3.05, 3.63) is 58.3 Å². The number of aromatic amines is 2. The molecule has 6 rings (SSSR count). The molecule has 0 atom stereocenters. The Hall–Kier alpha value is -4.78.